The van der Waals surface area contributed by atoms with Gasteiger partial charge in [-0.3, -0.25) is 14.9 Å². The molecule has 1 rings (SSSR count). The third kappa shape index (κ3) is 5.02. The molecule has 0 radical (unpaired) electrons. The van der Waals surface area contributed by atoms with Gasteiger partial charge in [0, 0.05) is 24.7 Å². The summed E-state index contributed by atoms with van der Waals surface area (Å²) in [6.07, 6.45) is 1.54. The molecule has 0 saturated heterocycles. The van der Waals surface area contributed by atoms with Gasteiger partial charge in [-0.05, 0) is 12.1 Å². The third-order valence-corrected chi connectivity index (χ3v) is 2.89. The first kappa shape index (κ1) is 15.1. The van der Waals surface area contributed by atoms with Gasteiger partial charge in [0.2, 0.25) is 10.0 Å². The second-order valence-corrected chi connectivity index (χ2v) is 5.58. The van der Waals surface area contributed by atoms with Crippen LogP contribution in [0.25, 0.3) is 0 Å². The number of anilines is 1. The summed E-state index contributed by atoms with van der Waals surface area (Å²) in [5.74, 6) is 0. The fraction of sp³-hybridized carbons (Fsp3) is 0.300. The molecule has 8 nitrogen and oxygen atoms in total. The first-order chi connectivity index (χ1) is 8.83. The first-order valence-corrected chi connectivity index (χ1v) is 7.15. The van der Waals surface area contributed by atoms with Gasteiger partial charge in [0.05, 0.1) is 11.2 Å². The minimum absolute atomic E-state index is 0.103. The summed E-state index contributed by atoms with van der Waals surface area (Å²) >= 11 is 0. The van der Waals surface area contributed by atoms with Crippen LogP contribution in [0.3, 0.4) is 0 Å². The molecule has 0 saturated carbocycles. The zero-order valence-electron chi connectivity index (χ0n) is 10.1. The molecule has 1 aromatic carbocycles. The summed E-state index contributed by atoms with van der Waals surface area (Å²) in [6.45, 7) is 0.291. The lowest BCUT2D eigenvalue weighted by atomic mass is 10.2. The summed E-state index contributed by atoms with van der Waals surface area (Å²) in [4.78, 5) is 20.8. The molecule has 0 unspecified atom stereocenters. The predicted octanol–water partition coefficient (Wildman–Crippen LogP) is 0.368. The molecule has 0 heterocycles. The van der Waals surface area contributed by atoms with Crippen molar-refractivity contribution in [2.24, 2.45) is 0 Å². The van der Waals surface area contributed by atoms with Crippen molar-refractivity contribution in [3.8, 4) is 0 Å². The Bertz CT molecular complexity index is 585. The first-order valence-electron chi connectivity index (χ1n) is 5.25. The van der Waals surface area contributed by atoms with Gasteiger partial charge in [0.1, 0.15) is 12.0 Å². The van der Waals surface area contributed by atoms with Crippen LogP contribution in [0.2, 0.25) is 0 Å². The fourth-order valence-electron chi connectivity index (χ4n) is 1.36. The van der Waals surface area contributed by atoms with E-state index < -0.39 is 14.9 Å². The maximum atomic E-state index is 10.8. The Balaban J connectivity index is 2.72. The number of sulfonamides is 1. The lowest BCUT2D eigenvalue weighted by molar-refractivity contribution is -0.384. The van der Waals surface area contributed by atoms with E-state index in [0.717, 1.165) is 12.3 Å². The molecule has 0 aliphatic carbocycles. The quantitative estimate of drug-likeness (QED) is 0.323. The van der Waals surface area contributed by atoms with Crippen molar-refractivity contribution >= 4 is 27.7 Å². The molecule has 0 aliphatic rings. The second-order valence-electron chi connectivity index (χ2n) is 3.74. The predicted molar refractivity (Wildman–Crippen MR) is 69.8 cm³/mol. The van der Waals surface area contributed by atoms with Crippen molar-refractivity contribution in [3.05, 3.63) is 33.9 Å². The fourth-order valence-corrected chi connectivity index (χ4v) is 1.83. The highest BCUT2D eigenvalue weighted by Crippen LogP contribution is 2.24. The van der Waals surface area contributed by atoms with Crippen molar-refractivity contribution in [1.82, 2.24) is 4.72 Å². The Labute approximate surface area is 110 Å². The molecule has 19 heavy (non-hydrogen) atoms. The van der Waals surface area contributed by atoms with Crippen molar-refractivity contribution in [2.45, 2.75) is 0 Å². The van der Waals surface area contributed by atoms with E-state index in [0.29, 0.717) is 6.29 Å². The number of carbonyl (C=O) groups is 1. The van der Waals surface area contributed by atoms with Crippen LogP contribution in [0, 0.1) is 10.1 Å². The summed E-state index contributed by atoms with van der Waals surface area (Å²) in [7, 11) is -3.29. The highest BCUT2D eigenvalue weighted by atomic mass is 32.2. The van der Waals surface area contributed by atoms with E-state index in [2.05, 4.69) is 10.0 Å². The third-order valence-electron chi connectivity index (χ3n) is 2.16. The molecule has 0 aliphatic heterocycles. The molecule has 2 N–H and O–H groups in total. The van der Waals surface area contributed by atoms with Crippen LogP contribution < -0.4 is 10.0 Å². The van der Waals surface area contributed by atoms with Crippen LogP contribution >= 0.6 is 0 Å². The van der Waals surface area contributed by atoms with Crippen LogP contribution in [0.5, 0.6) is 0 Å². The Morgan fingerprint density at radius 3 is 2.58 bits per heavy atom. The van der Waals surface area contributed by atoms with Gasteiger partial charge in [-0.1, -0.05) is 0 Å². The number of hydrogen-bond donors (Lipinski definition) is 2. The Morgan fingerprint density at radius 2 is 2.05 bits per heavy atom. The lowest BCUT2D eigenvalue weighted by Crippen LogP contribution is -2.27. The zero-order chi connectivity index (χ0) is 14.5. The summed E-state index contributed by atoms with van der Waals surface area (Å²) in [6, 6.07) is 3.99. The standard InChI is InChI=1S/C10H13N3O5S/c1-19(17,18)12-5-4-11-9-3-2-8(7-14)6-10(9)13(15)16/h2-3,6-7,11-12H,4-5H2,1H3. The molecule has 0 atom stereocenters. The van der Waals surface area contributed by atoms with Crippen LogP contribution in [0.4, 0.5) is 11.4 Å². The van der Waals surface area contributed by atoms with Gasteiger partial charge in [0.15, 0.2) is 0 Å². The molecule has 0 fully saturated rings. The van der Waals surface area contributed by atoms with Crippen molar-refractivity contribution in [3.63, 3.8) is 0 Å². The molecule has 0 bridgehead atoms. The van der Waals surface area contributed by atoms with E-state index in [1.165, 1.54) is 12.1 Å². The van der Waals surface area contributed by atoms with Crippen molar-refractivity contribution < 1.29 is 18.1 Å². The number of aldehydes is 1. The number of benzene rings is 1. The van der Waals surface area contributed by atoms with Gasteiger partial charge in [-0.15, -0.1) is 0 Å². The summed E-state index contributed by atoms with van der Waals surface area (Å²) < 4.78 is 23.9. The molecule has 0 aromatic heterocycles. The van der Waals surface area contributed by atoms with Crippen LogP contribution in [0.15, 0.2) is 18.2 Å². The highest BCUT2D eigenvalue weighted by Gasteiger charge is 2.14. The molecule has 1 aromatic rings. The van der Waals surface area contributed by atoms with E-state index in [1.807, 2.05) is 0 Å². The number of nitrogens with zero attached hydrogens (tertiary/aromatic N) is 1. The van der Waals surface area contributed by atoms with E-state index in [-0.39, 0.29) is 30.0 Å². The SMILES string of the molecule is CS(=O)(=O)NCCNc1ccc(C=O)cc1[N+](=O)[O-]. The Kier molecular flexibility index (Phi) is 4.95. The normalized spacial score (nSPS) is 11.0. The maximum absolute atomic E-state index is 10.8. The number of nitrogens with one attached hydrogen (secondary N) is 2. The van der Waals surface area contributed by atoms with Crippen molar-refractivity contribution in [2.75, 3.05) is 24.7 Å². The maximum Gasteiger partial charge on any atom is 0.293 e. The largest absolute Gasteiger partial charge is 0.378 e. The van der Waals surface area contributed by atoms with E-state index in [4.69, 9.17) is 0 Å². The van der Waals surface area contributed by atoms with Crippen LogP contribution in [0.1, 0.15) is 10.4 Å². The molecule has 0 spiro atoms. The lowest BCUT2D eigenvalue weighted by Gasteiger charge is -2.07. The van der Waals surface area contributed by atoms with E-state index in [9.17, 15) is 23.3 Å². The van der Waals surface area contributed by atoms with Gasteiger partial charge in [-0.25, -0.2) is 13.1 Å². The van der Waals surface area contributed by atoms with Gasteiger partial charge in [-0.2, -0.15) is 0 Å². The number of nitro groups is 1. The van der Waals surface area contributed by atoms with Crippen LogP contribution in [-0.4, -0.2) is 39.0 Å². The van der Waals surface area contributed by atoms with Crippen LogP contribution in [-0.2, 0) is 10.0 Å². The smallest absolute Gasteiger partial charge is 0.293 e. The van der Waals surface area contributed by atoms with E-state index in [1.54, 1.807) is 0 Å². The average molecular weight is 287 g/mol. The number of rotatable bonds is 7. The molecule has 9 heteroatoms. The number of hydrogen-bond acceptors (Lipinski definition) is 6. The van der Waals surface area contributed by atoms with Gasteiger partial charge >= 0.3 is 0 Å². The Morgan fingerprint density at radius 1 is 1.37 bits per heavy atom. The molecule has 104 valence electrons. The second kappa shape index (κ2) is 6.25. The van der Waals surface area contributed by atoms with Gasteiger partial charge in [0.25, 0.3) is 5.69 Å². The van der Waals surface area contributed by atoms with Gasteiger partial charge < -0.3 is 5.32 Å². The van der Waals surface area contributed by atoms with E-state index >= 15 is 0 Å². The summed E-state index contributed by atoms with van der Waals surface area (Å²) in [5.41, 5.74) is 0.196. The molecular weight excluding hydrogens is 274 g/mol. The number of nitro benzene ring substituents is 1. The minimum atomic E-state index is -3.29. The minimum Gasteiger partial charge on any atom is -0.378 e. The average Bonchev–Trinajstić information content (AvgIpc) is 2.33. The Hall–Kier alpha value is -2.00. The zero-order valence-corrected chi connectivity index (χ0v) is 10.9. The molecule has 0 amide bonds. The number of carbonyl (C=O) groups excluding carboxylic acids is 1. The topological polar surface area (TPSA) is 118 Å². The van der Waals surface area contributed by atoms with Crippen molar-refractivity contribution in [1.29, 1.82) is 0 Å². The molecular formula is C10H13N3O5S. The highest BCUT2D eigenvalue weighted by molar-refractivity contribution is 7.88. The monoisotopic (exact) mass is 287 g/mol. The summed E-state index contributed by atoms with van der Waals surface area (Å²) in [5, 5.41) is 13.6.